The average molecular weight is 515 g/mol. The zero-order valence-electron chi connectivity index (χ0n) is 21.8. The Morgan fingerprint density at radius 1 is 1.00 bits per heavy atom. The number of ether oxygens (including phenoxy) is 3. The maximum atomic E-state index is 11.6. The zero-order valence-corrected chi connectivity index (χ0v) is 21.8. The average Bonchev–Trinajstić information content (AvgIpc) is 3.26. The van der Waals surface area contributed by atoms with Crippen molar-refractivity contribution in [3.05, 3.63) is 66.7 Å². The summed E-state index contributed by atoms with van der Waals surface area (Å²) < 4.78 is 19.0. The van der Waals surface area contributed by atoms with Crippen molar-refractivity contribution in [1.82, 2.24) is 0 Å². The fourth-order valence-electron chi connectivity index (χ4n) is 5.25. The number of anilines is 2. The summed E-state index contributed by atoms with van der Waals surface area (Å²) in [5.41, 5.74) is 11.1. The first-order valence-electron chi connectivity index (χ1n) is 12.8. The SMILES string of the molecule is CC[n+]1c(-c2ccccc2)c2cc(N[C@@H]3C[C@H](OC(C)=O)[C@@H](COC(C)=O)O3)ccc2c2ccc(N)cc21. The van der Waals surface area contributed by atoms with E-state index in [2.05, 4.69) is 47.1 Å². The molecule has 3 aromatic carbocycles. The van der Waals surface area contributed by atoms with Crippen LogP contribution in [0.15, 0.2) is 66.7 Å². The van der Waals surface area contributed by atoms with Gasteiger partial charge in [-0.1, -0.05) is 24.3 Å². The van der Waals surface area contributed by atoms with Gasteiger partial charge in [0.2, 0.25) is 11.2 Å². The van der Waals surface area contributed by atoms with Gasteiger partial charge in [0.15, 0.2) is 0 Å². The quantitative estimate of drug-likeness (QED) is 0.161. The summed E-state index contributed by atoms with van der Waals surface area (Å²) in [6.45, 7) is 5.62. The summed E-state index contributed by atoms with van der Waals surface area (Å²) in [7, 11) is 0. The van der Waals surface area contributed by atoms with Crippen LogP contribution in [0, 0.1) is 0 Å². The first-order valence-corrected chi connectivity index (χ1v) is 12.8. The molecule has 1 fully saturated rings. The van der Waals surface area contributed by atoms with Crippen LogP contribution in [0.5, 0.6) is 0 Å². The van der Waals surface area contributed by atoms with E-state index < -0.39 is 30.4 Å². The third kappa shape index (κ3) is 5.13. The number of esters is 2. The van der Waals surface area contributed by atoms with Gasteiger partial charge >= 0.3 is 11.9 Å². The molecule has 0 spiro atoms. The van der Waals surface area contributed by atoms with Gasteiger partial charge in [0.25, 0.3) is 0 Å². The van der Waals surface area contributed by atoms with Crippen LogP contribution in [0.25, 0.3) is 32.9 Å². The summed E-state index contributed by atoms with van der Waals surface area (Å²) in [5, 5.41) is 6.77. The number of nitrogens with two attached hydrogens (primary N) is 1. The van der Waals surface area contributed by atoms with Gasteiger partial charge in [0, 0.05) is 48.7 Å². The Bertz CT molecular complexity index is 1500. The first-order chi connectivity index (χ1) is 18.3. The molecule has 0 bridgehead atoms. The number of pyridine rings is 1. The zero-order chi connectivity index (χ0) is 26.8. The van der Waals surface area contributed by atoms with Crippen molar-refractivity contribution in [3.8, 4) is 11.3 Å². The number of nitrogens with one attached hydrogen (secondary N) is 1. The fourth-order valence-corrected chi connectivity index (χ4v) is 5.25. The van der Waals surface area contributed by atoms with Crippen molar-refractivity contribution in [2.75, 3.05) is 17.7 Å². The maximum absolute atomic E-state index is 11.6. The van der Waals surface area contributed by atoms with Crippen LogP contribution < -0.4 is 15.6 Å². The molecule has 3 atom stereocenters. The van der Waals surface area contributed by atoms with Crippen molar-refractivity contribution in [2.45, 2.75) is 52.2 Å². The Labute approximate surface area is 221 Å². The summed E-state index contributed by atoms with van der Waals surface area (Å²) >= 11 is 0. The molecule has 0 aliphatic carbocycles. The monoisotopic (exact) mass is 514 g/mol. The molecule has 1 aliphatic rings. The number of aryl methyl sites for hydroxylation is 1. The highest BCUT2D eigenvalue weighted by Crippen LogP contribution is 2.35. The first kappa shape index (κ1) is 25.5. The Hall–Kier alpha value is -4.17. The highest BCUT2D eigenvalue weighted by molar-refractivity contribution is 6.10. The lowest BCUT2D eigenvalue weighted by Crippen LogP contribution is -2.36. The Balaban J connectivity index is 1.56. The van der Waals surface area contributed by atoms with Crippen LogP contribution in [0.2, 0.25) is 0 Å². The molecule has 1 aromatic heterocycles. The molecular weight excluding hydrogens is 482 g/mol. The number of nitrogen functional groups attached to an aromatic ring is 1. The molecule has 2 heterocycles. The van der Waals surface area contributed by atoms with E-state index >= 15 is 0 Å². The number of nitrogens with zero attached hydrogens (tertiary/aromatic N) is 1. The second-order valence-electron chi connectivity index (χ2n) is 9.49. The van der Waals surface area contributed by atoms with Gasteiger partial charge in [-0.25, -0.2) is 0 Å². The minimum Gasteiger partial charge on any atom is -0.463 e. The Morgan fingerprint density at radius 2 is 1.76 bits per heavy atom. The lowest BCUT2D eigenvalue weighted by atomic mass is 9.98. The van der Waals surface area contributed by atoms with Crippen molar-refractivity contribution in [1.29, 1.82) is 0 Å². The van der Waals surface area contributed by atoms with E-state index in [-0.39, 0.29) is 6.61 Å². The highest BCUT2D eigenvalue weighted by atomic mass is 16.6. The van der Waals surface area contributed by atoms with E-state index in [1.54, 1.807) is 0 Å². The van der Waals surface area contributed by atoms with Crippen molar-refractivity contribution >= 4 is 45.0 Å². The molecular formula is C30H32N3O5+. The molecule has 0 amide bonds. The predicted octanol–water partition coefficient (Wildman–Crippen LogP) is 4.57. The van der Waals surface area contributed by atoms with E-state index in [4.69, 9.17) is 19.9 Å². The van der Waals surface area contributed by atoms with Gasteiger partial charge < -0.3 is 25.3 Å². The third-order valence-corrected chi connectivity index (χ3v) is 6.81. The normalized spacial score (nSPS) is 19.0. The molecule has 1 aliphatic heterocycles. The van der Waals surface area contributed by atoms with Crippen LogP contribution in [0.4, 0.5) is 11.4 Å². The molecule has 5 rings (SSSR count). The van der Waals surface area contributed by atoms with E-state index in [1.807, 2.05) is 36.4 Å². The molecule has 4 aromatic rings. The van der Waals surface area contributed by atoms with Crippen LogP contribution in [-0.2, 0) is 30.3 Å². The minimum absolute atomic E-state index is 0.0208. The second kappa shape index (κ2) is 10.7. The van der Waals surface area contributed by atoms with Crippen LogP contribution in [0.1, 0.15) is 27.2 Å². The van der Waals surface area contributed by atoms with Crippen LogP contribution >= 0.6 is 0 Å². The number of carbonyl (C=O) groups excluding carboxylic acids is 2. The van der Waals surface area contributed by atoms with Gasteiger partial charge in [-0.3, -0.25) is 9.59 Å². The van der Waals surface area contributed by atoms with Crippen molar-refractivity contribution in [3.63, 3.8) is 0 Å². The van der Waals surface area contributed by atoms with Crippen molar-refractivity contribution in [2.24, 2.45) is 0 Å². The van der Waals surface area contributed by atoms with Gasteiger partial charge in [-0.2, -0.15) is 4.57 Å². The molecule has 0 saturated carbocycles. The summed E-state index contributed by atoms with van der Waals surface area (Å²) in [6, 6.07) is 22.6. The van der Waals surface area contributed by atoms with E-state index in [1.165, 1.54) is 13.8 Å². The summed E-state index contributed by atoms with van der Waals surface area (Å²) in [6.07, 6.45) is -1.05. The Morgan fingerprint density at radius 3 is 2.47 bits per heavy atom. The molecule has 196 valence electrons. The third-order valence-electron chi connectivity index (χ3n) is 6.81. The topological polar surface area (TPSA) is 104 Å². The molecule has 0 radical (unpaired) electrons. The van der Waals surface area contributed by atoms with Gasteiger partial charge in [0.05, 0.1) is 10.8 Å². The largest absolute Gasteiger partial charge is 0.463 e. The van der Waals surface area contributed by atoms with Crippen molar-refractivity contribution < 1.29 is 28.4 Å². The number of benzene rings is 3. The molecule has 0 unspecified atom stereocenters. The minimum atomic E-state index is -0.544. The molecule has 8 heteroatoms. The van der Waals surface area contributed by atoms with Crippen LogP contribution in [-0.4, -0.2) is 37.0 Å². The predicted molar refractivity (Wildman–Crippen MR) is 146 cm³/mol. The van der Waals surface area contributed by atoms with Gasteiger partial charge in [0.1, 0.15) is 31.6 Å². The number of hydrogen-bond acceptors (Lipinski definition) is 7. The Kier molecular flexibility index (Phi) is 7.15. The highest BCUT2D eigenvalue weighted by Gasteiger charge is 2.38. The number of hydrogen-bond donors (Lipinski definition) is 2. The van der Waals surface area contributed by atoms with Crippen LogP contribution in [0.3, 0.4) is 0 Å². The lowest BCUT2D eigenvalue weighted by molar-refractivity contribution is -0.655. The summed E-state index contributed by atoms with van der Waals surface area (Å²) in [4.78, 5) is 23.0. The number of fused-ring (bicyclic) bond motifs is 3. The van der Waals surface area contributed by atoms with Gasteiger partial charge in [-0.15, -0.1) is 0 Å². The smallest absolute Gasteiger partial charge is 0.303 e. The molecule has 8 nitrogen and oxygen atoms in total. The fraction of sp³-hybridized carbons (Fsp3) is 0.300. The van der Waals surface area contributed by atoms with E-state index in [9.17, 15) is 9.59 Å². The van der Waals surface area contributed by atoms with E-state index in [0.717, 1.165) is 50.9 Å². The summed E-state index contributed by atoms with van der Waals surface area (Å²) in [5.74, 6) is -0.810. The second-order valence-corrected chi connectivity index (χ2v) is 9.49. The van der Waals surface area contributed by atoms with E-state index in [0.29, 0.717) is 6.42 Å². The lowest BCUT2D eigenvalue weighted by Gasteiger charge is -2.18. The number of carbonyl (C=O) groups is 2. The molecule has 38 heavy (non-hydrogen) atoms. The standard InChI is InChI=1S/C30H31N3O5/c1-4-33-26-14-21(31)10-12-24(26)23-13-11-22(15-25(23)30(33)20-8-6-5-7-9-20)32-29-16-27(37-19(3)35)28(38-29)17-36-18(2)34/h5-15,27-29,31-32H,4,16-17H2,1-3H3/p+1/t27-,28+,29-/m0/s1. The number of rotatable bonds is 7. The molecule has 3 N–H and O–H groups in total. The maximum Gasteiger partial charge on any atom is 0.303 e. The van der Waals surface area contributed by atoms with Gasteiger partial charge in [-0.05, 0) is 43.3 Å². The number of aromatic nitrogens is 1. The molecule has 1 saturated heterocycles.